The summed E-state index contributed by atoms with van der Waals surface area (Å²) in [5.41, 5.74) is -0.253. The van der Waals surface area contributed by atoms with Crippen molar-refractivity contribution in [2.75, 3.05) is 44.2 Å². The molecule has 0 aromatic heterocycles. The fourth-order valence-electron chi connectivity index (χ4n) is 4.63. The average Bonchev–Trinajstić information content (AvgIpc) is 3.18. The van der Waals surface area contributed by atoms with Gasteiger partial charge >= 0.3 is 6.18 Å². The summed E-state index contributed by atoms with van der Waals surface area (Å²) >= 11 is 0. The monoisotopic (exact) mass is 515 g/mol. The van der Waals surface area contributed by atoms with Crippen LogP contribution < -0.4 is 9.62 Å². The van der Waals surface area contributed by atoms with Crippen LogP contribution in [0.4, 0.5) is 18.9 Å². The highest BCUT2D eigenvalue weighted by atomic mass is 32.2. The zero-order valence-electron chi connectivity index (χ0n) is 18.8. The Morgan fingerprint density at radius 3 is 2.31 bits per heavy atom. The number of hydrogen-bond acceptors (Lipinski definition) is 7. The minimum Gasteiger partial charge on any atom is -0.394 e. The first-order valence-corrected chi connectivity index (χ1v) is 12.7. The fourth-order valence-corrected chi connectivity index (χ4v) is 5.69. The van der Waals surface area contributed by atoms with E-state index in [9.17, 15) is 31.8 Å². The Kier molecular flexibility index (Phi) is 7.69. The molecule has 0 spiro atoms. The number of aliphatic hydroxyl groups is 2. The van der Waals surface area contributed by atoms with Crippen LogP contribution in [-0.2, 0) is 20.9 Å². The van der Waals surface area contributed by atoms with E-state index in [0.717, 1.165) is 12.1 Å². The molecule has 2 saturated heterocycles. The van der Waals surface area contributed by atoms with Gasteiger partial charge in [-0.05, 0) is 30.3 Å². The lowest BCUT2D eigenvalue weighted by atomic mass is 10.0. The Hall–Kier alpha value is -2.22. The van der Waals surface area contributed by atoms with Crippen molar-refractivity contribution in [3.63, 3.8) is 0 Å². The first-order valence-electron chi connectivity index (χ1n) is 11.3. The topological polar surface area (TPSA) is 102 Å². The van der Waals surface area contributed by atoms with Crippen molar-refractivity contribution in [2.24, 2.45) is 0 Å². The molecule has 12 heteroatoms. The number of aliphatic hydroxyl groups excluding tert-OH is 2. The van der Waals surface area contributed by atoms with E-state index < -0.39 is 52.7 Å². The number of piperazine rings is 1. The van der Waals surface area contributed by atoms with Crippen LogP contribution in [0.25, 0.3) is 0 Å². The minimum absolute atomic E-state index is 0.100. The van der Waals surface area contributed by atoms with E-state index in [4.69, 9.17) is 4.74 Å². The van der Waals surface area contributed by atoms with Gasteiger partial charge in [-0.25, -0.2) is 13.1 Å². The molecule has 0 amide bonds. The second kappa shape index (κ2) is 10.4. The average molecular weight is 516 g/mol. The Morgan fingerprint density at radius 1 is 1.00 bits per heavy atom. The summed E-state index contributed by atoms with van der Waals surface area (Å²) in [5, 5.41) is 20.4. The molecule has 192 valence electrons. The highest BCUT2D eigenvalue weighted by molar-refractivity contribution is 7.89. The number of rotatable bonds is 7. The van der Waals surface area contributed by atoms with Crippen LogP contribution in [-0.4, -0.2) is 87.2 Å². The number of nitrogens with zero attached hydrogens (tertiary/aromatic N) is 2. The van der Waals surface area contributed by atoms with E-state index in [-0.39, 0.29) is 11.4 Å². The molecule has 2 heterocycles. The molecule has 2 aliphatic heterocycles. The maximum atomic E-state index is 13.1. The summed E-state index contributed by atoms with van der Waals surface area (Å²) in [6.45, 7) is 1.13. The summed E-state index contributed by atoms with van der Waals surface area (Å²) in [5.74, 6) is 0. The molecule has 2 fully saturated rings. The molecule has 35 heavy (non-hydrogen) atoms. The molecule has 0 bridgehead atoms. The molecule has 8 nitrogen and oxygen atoms in total. The lowest BCUT2D eigenvalue weighted by Crippen LogP contribution is -2.57. The standard InChI is InChI=1S/C23H28F3N3O5S/c24-23(25,26)16-5-4-6-17(13-16)28-9-11-29(12-10-28)21-19(34-20(15-30)22(21)31)14-27-35(32,33)18-7-2-1-3-8-18/h1-8,13,19-22,27,30-31H,9-12,14-15H2. The van der Waals surface area contributed by atoms with Crippen molar-refractivity contribution >= 4 is 15.7 Å². The van der Waals surface area contributed by atoms with E-state index >= 15 is 0 Å². The van der Waals surface area contributed by atoms with E-state index in [1.807, 2.05) is 9.80 Å². The van der Waals surface area contributed by atoms with E-state index in [2.05, 4.69) is 4.72 Å². The van der Waals surface area contributed by atoms with Gasteiger partial charge in [0.05, 0.1) is 29.2 Å². The van der Waals surface area contributed by atoms with Crippen molar-refractivity contribution in [3.05, 3.63) is 60.2 Å². The fraction of sp³-hybridized carbons (Fsp3) is 0.478. The van der Waals surface area contributed by atoms with Crippen LogP contribution in [0.2, 0.25) is 0 Å². The minimum atomic E-state index is -4.43. The quantitative estimate of drug-likeness (QED) is 0.511. The third kappa shape index (κ3) is 5.79. The van der Waals surface area contributed by atoms with Gasteiger partial charge in [0, 0.05) is 38.4 Å². The molecule has 2 aromatic carbocycles. The predicted octanol–water partition coefficient (Wildman–Crippen LogP) is 1.30. The Bertz CT molecular complexity index is 1100. The molecule has 0 radical (unpaired) electrons. The van der Waals surface area contributed by atoms with Crippen LogP contribution in [0.5, 0.6) is 0 Å². The van der Waals surface area contributed by atoms with Crippen molar-refractivity contribution in [3.8, 4) is 0 Å². The van der Waals surface area contributed by atoms with Gasteiger partial charge in [-0.2, -0.15) is 13.2 Å². The number of ether oxygens (including phenoxy) is 1. The molecule has 4 atom stereocenters. The van der Waals surface area contributed by atoms with E-state index in [1.54, 1.807) is 24.3 Å². The van der Waals surface area contributed by atoms with Crippen molar-refractivity contribution in [2.45, 2.75) is 35.4 Å². The van der Waals surface area contributed by atoms with Gasteiger partial charge in [0.15, 0.2) is 0 Å². The van der Waals surface area contributed by atoms with E-state index in [0.29, 0.717) is 31.9 Å². The molecule has 0 aliphatic carbocycles. The SMILES string of the molecule is O=S(=O)(NCC1OC(CO)C(O)C1N1CCN(c2cccc(C(F)(F)F)c2)CC1)c1ccccc1. The predicted molar refractivity (Wildman–Crippen MR) is 122 cm³/mol. The number of alkyl halides is 3. The summed E-state index contributed by atoms with van der Waals surface area (Å²) in [7, 11) is -3.80. The molecular weight excluding hydrogens is 487 g/mol. The van der Waals surface area contributed by atoms with Crippen molar-refractivity contribution in [1.82, 2.24) is 9.62 Å². The lowest BCUT2D eigenvalue weighted by molar-refractivity contribution is -0.137. The molecule has 3 N–H and O–H groups in total. The normalized spacial score (nSPS) is 26.3. The second-order valence-electron chi connectivity index (χ2n) is 8.61. The number of benzene rings is 2. The number of halogens is 3. The number of sulfonamides is 1. The zero-order valence-corrected chi connectivity index (χ0v) is 19.6. The van der Waals surface area contributed by atoms with Gasteiger partial charge in [-0.3, -0.25) is 4.90 Å². The smallest absolute Gasteiger partial charge is 0.394 e. The van der Waals surface area contributed by atoms with Crippen molar-refractivity contribution in [1.29, 1.82) is 0 Å². The van der Waals surface area contributed by atoms with Crippen LogP contribution in [0.1, 0.15) is 5.56 Å². The van der Waals surface area contributed by atoms with Gasteiger partial charge in [-0.1, -0.05) is 24.3 Å². The zero-order chi connectivity index (χ0) is 25.2. The van der Waals surface area contributed by atoms with Gasteiger partial charge in [0.1, 0.15) is 12.2 Å². The summed E-state index contributed by atoms with van der Waals surface area (Å²) in [6.07, 6.45) is -7.07. The highest BCUT2D eigenvalue weighted by Crippen LogP contribution is 2.33. The maximum absolute atomic E-state index is 13.1. The Labute approximate surface area is 202 Å². The number of hydrogen-bond donors (Lipinski definition) is 3. The number of anilines is 1. The lowest BCUT2D eigenvalue weighted by Gasteiger charge is -2.41. The molecule has 2 aromatic rings. The highest BCUT2D eigenvalue weighted by Gasteiger charge is 2.47. The largest absolute Gasteiger partial charge is 0.416 e. The molecule has 4 unspecified atom stereocenters. The Balaban J connectivity index is 1.43. The Morgan fingerprint density at radius 2 is 1.69 bits per heavy atom. The molecule has 0 saturated carbocycles. The van der Waals surface area contributed by atoms with Gasteiger partial charge in [-0.15, -0.1) is 0 Å². The maximum Gasteiger partial charge on any atom is 0.416 e. The number of nitrogens with one attached hydrogen (secondary N) is 1. The summed E-state index contributed by atoms with van der Waals surface area (Å²) in [6, 6.07) is 12.4. The van der Waals surface area contributed by atoms with Gasteiger partial charge in [0.2, 0.25) is 10.0 Å². The van der Waals surface area contributed by atoms with Crippen LogP contribution in [0, 0.1) is 0 Å². The summed E-state index contributed by atoms with van der Waals surface area (Å²) in [4.78, 5) is 3.87. The van der Waals surface area contributed by atoms with Crippen LogP contribution >= 0.6 is 0 Å². The second-order valence-corrected chi connectivity index (χ2v) is 10.4. The molecular formula is C23H28F3N3O5S. The molecule has 4 rings (SSSR count). The van der Waals surface area contributed by atoms with E-state index in [1.165, 1.54) is 18.2 Å². The third-order valence-corrected chi connectivity index (χ3v) is 7.88. The van der Waals surface area contributed by atoms with Gasteiger partial charge < -0.3 is 19.8 Å². The first kappa shape index (κ1) is 25.9. The van der Waals surface area contributed by atoms with Crippen LogP contribution in [0.15, 0.2) is 59.5 Å². The third-order valence-electron chi connectivity index (χ3n) is 6.44. The summed E-state index contributed by atoms with van der Waals surface area (Å²) < 4.78 is 72.8. The molecule has 2 aliphatic rings. The first-order chi connectivity index (χ1) is 16.6. The van der Waals surface area contributed by atoms with Crippen LogP contribution in [0.3, 0.4) is 0 Å². The van der Waals surface area contributed by atoms with Crippen molar-refractivity contribution < 1.29 is 36.5 Å². The van der Waals surface area contributed by atoms with Gasteiger partial charge in [0.25, 0.3) is 0 Å².